The molecule has 28 heavy (non-hydrogen) atoms. The summed E-state index contributed by atoms with van der Waals surface area (Å²) >= 11 is 0. The number of halogens is 1. The molecule has 2 aliphatic rings. The predicted octanol–water partition coefficient (Wildman–Crippen LogP) is 2.79. The molecule has 0 saturated carbocycles. The lowest BCUT2D eigenvalue weighted by atomic mass is 10.1. The summed E-state index contributed by atoms with van der Waals surface area (Å²) in [5, 5.41) is 0. The monoisotopic (exact) mass is 381 g/mol. The van der Waals surface area contributed by atoms with Crippen LogP contribution in [0.25, 0.3) is 0 Å². The van der Waals surface area contributed by atoms with Crippen molar-refractivity contribution < 1.29 is 4.39 Å². The van der Waals surface area contributed by atoms with Crippen LogP contribution in [0.4, 0.5) is 15.8 Å². The van der Waals surface area contributed by atoms with E-state index in [0.29, 0.717) is 11.9 Å². The molecule has 2 fully saturated rings. The number of aliphatic imine (C=N–C) groups is 1. The Kier molecular flexibility index (Phi) is 5.65. The standard InChI is InChI=1S/C22H28FN5/c23-19-6-8-21(9-7-19)26-12-14-27(15-13-26)22(24)25-16-18-10-11-28(17-18)20-4-2-1-3-5-20/h1-9,18H,10-17H2,(H2,24,25). The Bertz CT molecular complexity index is 784. The molecule has 1 unspecified atom stereocenters. The fourth-order valence-electron chi connectivity index (χ4n) is 4.02. The van der Waals surface area contributed by atoms with Crippen LogP contribution in [0.3, 0.4) is 0 Å². The van der Waals surface area contributed by atoms with Crippen LogP contribution in [0.2, 0.25) is 0 Å². The zero-order valence-corrected chi connectivity index (χ0v) is 16.2. The molecule has 0 spiro atoms. The van der Waals surface area contributed by atoms with E-state index in [1.54, 1.807) is 0 Å². The summed E-state index contributed by atoms with van der Waals surface area (Å²) in [7, 11) is 0. The SMILES string of the molecule is NC(=NCC1CCN(c2ccccc2)C1)N1CCN(c2ccc(F)cc2)CC1. The number of benzene rings is 2. The number of anilines is 2. The summed E-state index contributed by atoms with van der Waals surface area (Å²) in [6.45, 7) is 6.33. The Morgan fingerprint density at radius 1 is 0.893 bits per heavy atom. The second-order valence-corrected chi connectivity index (χ2v) is 7.59. The van der Waals surface area contributed by atoms with E-state index in [0.717, 1.165) is 57.9 Å². The Morgan fingerprint density at radius 3 is 2.29 bits per heavy atom. The Hall–Kier alpha value is -2.76. The third kappa shape index (κ3) is 4.38. The third-order valence-electron chi connectivity index (χ3n) is 5.71. The molecule has 6 heteroatoms. The Balaban J connectivity index is 1.25. The van der Waals surface area contributed by atoms with E-state index in [9.17, 15) is 4.39 Å². The van der Waals surface area contributed by atoms with Crippen molar-refractivity contribution in [2.45, 2.75) is 6.42 Å². The van der Waals surface area contributed by atoms with Crippen molar-refractivity contribution in [2.75, 3.05) is 55.6 Å². The largest absolute Gasteiger partial charge is 0.371 e. The van der Waals surface area contributed by atoms with E-state index in [4.69, 9.17) is 10.7 Å². The lowest BCUT2D eigenvalue weighted by Crippen LogP contribution is -2.51. The second-order valence-electron chi connectivity index (χ2n) is 7.59. The minimum atomic E-state index is -0.198. The molecule has 0 bridgehead atoms. The molecule has 2 saturated heterocycles. The van der Waals surface area contributed by atoms with Crippen molar-refractivity contribution >= 4 is 17.3 Å². The quantitative estimate of drug-likeness (QED) is 0.654. The predicted molar refractivity (Wildman–Crippen MR) is 113 cm³/mol. The molecular formula is C22H28FN5. The molecule has 2 N–H and O–H groups in total. The lowest BCUT2D eigenvalue weighted by Gasteiger charge is -2.36. The fourth-order valence-corrected chi connectivity index (χ4v) is 4.02. The molecule has 0 aliphatic carbocycles. The number of hydrogen-bond acceptors (Lipinski definition) is 3. The van der Waals surface area contributed by atoms with Gasteiger partial charge in [-0.25, -0.2) is 4.39 Å². The fraction of sp³-hybridized carbons (Fsp3) is 0.409. The number of rotatable bonds is 4. The summed E-state index contributed by atoms with van der Waals surface area (Å²) in [4.78, 5) is 11.5. The minimum absolute atomic E-state index is 0.198. The number of nitrogens with two attached hydrogens (primary N) is 1. The molecule has 1 atom stereocenters. The van der Waals surface area contributed by atoms with E-state index in [1.165, 1.54) is 17.8 Å². The maximum absolute atomic E-state index is 13.1. The first-order valence-corrected chi connectivity index (χ1v) is 10.0. The normalized spacial score (nSPS) is 20.7. The molecule has 2 aromatic carbocycles. The first-order chi connectivity index (χ1) is 13.7. The van der Waals surface area contributed by atoms with Gasteiger partial charge in [0.1, 0.15) is 5.82 Å². The van der Waals surface area contributed by atoms with Crippen LogP contribution < -0.4 is 15.5 Å². The molecular weight excluding hydrogens is 353 g/mol. The maximum Gasteiger partial charge on any atom is 0.191 e. The maximum atomic E-state index is 13.1. The van der Waals surface area contributed by atoms with Crippen LogP contribution in [0.15, 0.2) is 59.6 Å². The number of guanidine groups is 1. The summed E-state index contributed by atoms with van der Waals surface area (Å²) < 4.78 is 13.1. The van der Waals surface area contributed by atoms with E-state index >= 15 is 0 Å². The smallest absolute Gasteiger partial charge is 0.191 e. The van der Waals surface area contributed by atoms with E-state index in [-0.39, 0.29) is 5.82 Å². The highest BCUT2D eigenvalue weighted by Crippen LogP contribution is 2.23. The summed E-state index contributed by atoms with van der Waals surface area (Å²) in [6, 6.07) is 17.3. The Labute approximate surface area is 166 Å². The summed E-state index contributed by atoms with van der Waals surface area (Å²) in [6.07, 6.45) is 1.16. The van der Waals surface area contributed by atoms with Gasteiger partial charge in [-0.2, -0.15) is 0 Å². The molecule has 148 valence electrons. The number of piperazine rings is 1. The Morgan fingerprint density at radius 2 is 1.57 bits per heavy atom. The van der Waals surface area contributed by atoms with Crippen molar-refractivity contribution in [2.24, 2.45) is 16.6 Å². The van der Waals surface area contributed by atoms with Crippen LogP contribution in [0, 0.1) is 11.7 Å². The first kappa shape index (κ1) is 18.6. The highest BCUT2D eigenvalue weighted by atomic mass is 19.1. The zero-order chi connectivity index (χ0) is 19.3. The van der Waals surface area contributed by atoms with Gasteiger partial charge in [0.25, 0.3) is 0 Å². The molecule has 2 aliphatic heterocycles. The topological polar surface area (TPSA) is 48.1 Å². The van der Waals surface area contributed by atoms with Gasteiger partial charge in [0.15, 0.2) is 5.96 Å². The highest BCUT2D eigenvalue weighted by molar-refractivity contribution is 5.78. The van der Waals surface area contributed by atoms with Crippen molar-refractivity contribution in [3.63, 3.8) is 0 Å². The van der Waals surface area contributed by atoms with Gasteiger partial charge in [-0.1, -0.05) is 18.2 Å². The molecule has 5 nitrogen and oxygen atoms in total. The van der Waals surface area contributed by atoms with Gasteiger partial charge < -0.3 is 20.4 Å². The van der Waals surface area contributed by atoms with Crippen molar-refractivity contribution in [1.29, 1.82) is 0 Å². The number of para-hydroxylation sites is 1. The molecule has 2 heterocycles. The van der Waals surface area contributed by atoms with Crippen molar-refractivity contribution in [1.82, 2.24) is 4.90 Å². The number of nitrogens with zero attached hydrogens (tertiary/aromatic N) is 4. The van der Waals surface area contributed by atoms with E-state index in [2.05, 4.69) is 45.0 Å². The van der Waals surface area contributed by atoms with Gasteiger partial charge in [0, 0.05) is 57.2 Å². The van der Waals surface area contributed by atoms with E-state index < -0.39 is 0 Å². The van der Waals surface area contributed by atoms with Gasteiger partial charge >= 0.3 is 0 Å². The average Bonchev–Trinajstić information content (AvgIpc) is 3.22. The van der Waals surface area contributed by atoms with Gasteiger partial charge in [-0.15, -0.1) is 0 Å². The van der Waals surface area contributed by atoms with Gasteiger partial charge in [-0.3, -0.25) is 4.99 Å². The van der Waals surface area contributed by atoms with E-state index in [1.807, 2.05) is 12.1 Å². The second kappa shape index (κ2) is 8.50. The highest BCUT2D eigenvalue weighted by Gasteiger charge is 2.23. The van der Waals surface area contributed by atoms with Crippen molar-refractivity contribution in [3.8, 4) is 0 Å². The van der Waals surface area contributed by atoms with Crippen LogP contribution in [-0.2, 0) is 0 Å². The molecule has 0 radical (unpaired) electrons. The molecule has 2 aromatic rings. The van der Waals surface area contributed by atoms with Crippen LogP contribution in [0.1, 0.15) is 6.42 Å². The third-order valence-corrected chi connectivity index (χ3v) is 5.71. The minimum Gasteiger partial charge on any atom is -0.371 e. The van der Waals surface area contributed by atoms with Crippen LogP contribution >= 0.6 is 0 Å². The average molecular weight is 381 g/mol. The number of hydrogen-bond donors (Lipinski definition) is 1. The van der Waals surface area contributed by atoms with Gasteiger partial charge in [-0.05, 0) is 48.7 Å². The zero-order valence-electron chi connectivity index (χ0n) is 16.2. The molecule has 4 rings (SSSR count). The van der Waals surface area contributed by atoms with Gasteiger partial charge in [0.05, 0.1) is 0 Å². The summed E-state index contributed by atoms with van der Waals surface area (Å²) in [5.74, 6) is 1.01. The lowest BCUT2D eigenvalue weighted by molar-refractivity contribution is 0.379. The van der Waals surface area contributed by atoms with Gasteiger partial charge in [0.2, 0.25) is 0 Å². The summed E-state index contributed by atoms with van der Waals surface area (Å²) in [5.41, 5.74) is 8.62. The molecule has 0 aromatic heterocycles. The first-order valence-electron chi connectivity index (χ1n) is 10.0. The van der Waals surface area contributed by atoms with Crippen molar-refractivity contribution in [3.05, 3.63) is 60.4 Å². The van der Waals surface area contributed by atoms with Crippen LogP contribution in [-0.4, -0.2) is 56.7 Å². The van der Waals surface area contributed by atoms with Crippen LogP contribution in [0.5, 0.6) is 0 Å². The molecule has 0 amide bonds.